The van der Waals surface area contributed by atoms with Crippen molar-refractivity contribution in [2.75, 3.05) is 26.2 Å². The van der Waals surface area contributed by atoms with Crippen LogP contribution in [-0.2, 0) is 0 Å². The molecule has 1 aliphatic rings. The summed E-state index contributed by atoms with van der Waals surface area (Å²) >= 11 is 0. The lowest BCUT2D eigenvalue weighted by molar-refractivity contribution is 0.169. The second kappa shape index (κ2) is 9.36. The Morgan fingerprint density at radius 1 is 1.36 bits per heavy atom. The maximum Gasteiger partial charge on any atom is 0.168 e. The third kappa shape index (κ3) is 4.85. The third-order valence-corrected chi connectivity index (χ3v) is 3.83. The summed E-state index contributed by atoms with van der Waals surface area (Å²) in [6.45, 7) is 11.2. The van der Waals surface area contributed by atoms with Crippen molar-refractivity contribution < 1.29 is 9.50 Å². The Kier molecular flexibility index (Phi) is 9.01. The molecule has 1 aliphatic heterocycles. The van der Waals surface area contributed by atoms with Gasteiger partial charge in [0, 0.05) is 37.8 Å². The number of benzene rings is 1. The van der Waals surface area contributed by atoms with Crippen LogP contribution in [0.3, 0.4) is 0 Å². The van der Waals surface area contributed by atoms with Gasteiger partial charge in [-0.1, -0.05) is 17.7 Å². The summed E-state index contributed by atoms with van der Waals surface area (Å²) in [4.78, 5) is 2.29. The molecule has 2 N–H and O–H groups in total. The summed E-state index contributed by atoms with van der Waals surface area (Å²) in [6.07, 6.45) is 0.732. The maximum atomic E-state index is 14.0. The van der Waals surface area contributed by atoms with E-state index in [0.717, 1.165) is 38.2 Å². The van der Waals surface area contributed by atoms with Crippen LogP contribution in [0.2, 0.25) is 0 Å². The van der Waals surface area contributed by atoms with Gasteiger partial charge in [0.15, 0.2) is 11.6 Å². The maximum absolute atomic E-state index is 14.0. The van der Waals surface area contributed by atoms with Crippen LogP contribution < -0.4 is 5.32 Å². The predicted molar refractivity (Wildman–Crippen MR) is 93.9 cm³/mol. The molecule has 0 spiro atoms. The fraction of sp³-hybridized carbons (Fsp3) is 0.500. The highest BCUT2D eigenvalue weighted by molar-refractivity contribution is 5.85. The fourth-order valence-corrected chi connectivity index (χ4v) is 2.71. The van der Waals surface area contributed by atoms with Gasteiger partial charge in [-0.3, -0.25) is 4.90 Å². The van der Waals surface area contributed by atoms with Crippen molar-refractivity contribution in [3.63, 3.8) is 0 Å². The van der Waals surface area contributed by atoms with E-state index in [4.69, 9.17) is 0 Å². The molecule has 0 amide bonds. The Balaban J connectivity index is 0.00000220. The van der Waals surface area contributed by atoms with Crippen LogP contribution in [0.1, 0.15) is 30.5 Å². The first-order valence-corrected chi connectivity index (χ1v) is 7.08. The average molecular weight is 351 g/mol. The summed E-state index contributed by atoms with van der Waals surface area (Å²) in [6, 6.07) is 3.56. The molecule has 1 heterocycles. The van der Waals surface area contributed by atoms with Crippen LogP contribution >= 0.6 is 24.8 Å². The molecule has 0 aromatic heterocycles. The van der Waals surface area contributed by atoms with Crippen molar-refractivity contribution in [3.8, 4) is 5.75 Å². The quantitative estimate of drug-likeness (QED) is 0.814. The molecule has 0 bridgehead atoms. The molecule has 1 atom stereocenters. The largest absolute Gasteiger partial charge is 0.505 e. The molecule has 6 heteroatoms. The van der Waals surface area contributed by atoms with Crippen molar-refractivity contribution >= 4 is 24.8 Å². The van der Waals surface area contributed by atoms with Gasteiger partial charge < -0.3 is 10.4 Å². The zero-order valence-corrected chi connectivity index (χ0v) is 14.7. The van der Waals surface area contributed by atoms with E-state index in [-0.39, 0.29) is 36.6 Å². The number of aryl methyl sites for hydroxylation is 1. The lowest BCUT2D eigenvalue weighted by Gasteiger charge is -2.35. The SMILES string of the molecule is C=C(C)C[C@H](c1ccc(C)c(F)c1O)N1CCNCC1.Cl.Cl. The van der Waals surface area contributed by atoms with E-state index in [2.05, 4.69) is 16.8 Å². The minimum atomic E-state index is -0.510. The Morgan fingerprint density at radius 3 is 2.50 bits per heavy atom. The summed E-state index contributed by atoms with van der Waals surface area (Å²) in [5.41, 5.74) is 2.17. The second-order valence-corrected chi connectivity index (χ2v) is 5.60. The molecular weight excluding hydrogens is 326 g/mol. The first kappa shape index (κ1) is 21.2. The average Bonchev–Trinajstić information content (AvgIpc) is 2.44. The molecule has 2 rings (SSSR count). The molecule has 0 radical (unpaired) electrons. The van der Waals surface area contributed by atoms with E-state index in [1.54, 1.807) is 13.0 Å². The summed E-state index contributed by atoms with van der Waals surface area (Å²) in [7, 11) is 0. The molecule has 1 saturated heterocycles. The molecule has 126 valence electrons. The number of nitrogens with zero attached hydrogens (tertiary/aromatic N) is 1. The van der Waals surface area contributed by atoms with Crippen molar-refractivity contribution in [2.45, 2.75) is 26.3 Å². The van der Waals surface area contributed by atoms with Gasteiger partial charge in [-0.05, 0) is 25.8 Å². The van der Waals surface area contributed by atoms with E-state index in [0.29, 0.717) is 11.1 Å². The summed E-state index contributed by atoms with van der Waals surface area (Å²) in [5.74, 6) is -0.723. The minimum Gasteiger partial charge on any atom is -0.505 e. The first-order valence-electron chi connectivity index (χ1n) is 7.08. The smallest absolute Gasteiger partial charge is 0.168 e. The topological polar surface area (TPSA) is 35.5 Å². The van der Waals surface area contributed by atoms with Crippen molar-refractivity contribution in [3.05, 3.63) is 41.2 Å². The number of aromatic hydroxyl groups is 1. The Hall–Kier alpha value is -0.810. The van der Waals surface area contributed by atoms with E-state index < -0.39 is 5.82 Å². The van der Waals surface area contributed by atoms with Gasteiger partial charge >= 0.3 is 0 Å². The molecule has 1 fully saturated rings. The normalized spacial score (nSPS) is 16.3. The van der Waals surface area contributed by atoms with E-state index in [1.165, 1.54) is 0 Å². The van der Waals surface area contributed by atoms with E-state index >= 15 is 0 Å². The number of hydrogen-bond donors (Lipinski definition) is 2. The lowest BCUT2D eigenvalue weighted by Crippen LogP contribution is -2.45. The van der Waals surface area contributed by atoms with E-state index in [9.17, 15) is 9.50 Å². The van der Waals surface area contributed by atoms with Gasteiger partial charge in [-0.15, -0.1) is 31.4 Å². The van der Waals surface area contributed by atoms with Crippen LogP contribution in [0.25, 0.3) is 0 Å². The number of nitrogens with one attached hydrogen (secondary N) is 1. The second-order valence-electron chi connectivity index (χ2n) is 5.60. The van der Waals surface area contributed by atoms with Gasteiger partial charge in [-0.25, -0.2) is 4.39 Å². The van der Waals surface area contributed by atoms with Crippen LogP contribution in [-0.4, -0.2) is 36.2 Å². The Morgan fingerprint density at radius 2 is 1.95 bits per heavy atom. The monoisotopic (exact) mass is 350 g/mol. The number of piperazine rings is 1. The molecular formula is C16H25Cl2FN2O. The van der Waals surface area contributed by atoms with Gasteiger partial charge in [0.25, 0.3) is 0 Å². The van der Waals surface area contributed by atoms with Crippen LogP contribution in [0.5, 0.6) is 5.75 Å². The highest BCUT2D eigenvalue weighted by Gasteiger charge is 2.26. The van der Waals surface area contributed by atoms with Crippen molar-refractivity contribution in [2.24, 2.45) is 0 Å². The molecule has 0 unspecified atom stereocenters. The minimum absolute atomic E-state index is 0. The number of halogens is 3. The van der Waals surface area contributed by atoms with Crippen LogP contribution in [0.15, 0.2) is 24.3 Å². The lowest BCUT2D eigenvalue weighted by atomic mass is 9.96. The van der Waals surface area contributed by atoms with Gasteiger partial charge in [0.1, 0.15) is 0 Å². The third-order valence-electron chi connectivity index (χ3n) is 3.83. The first-order chi connectivity index (χ1) is 9.50. The van der Waals surface area contributed by atoms with Crippen molar-refractivity contribution in [1.82, 2.24) is 10.2 Å². The van der Waals surface area contributed by atoms with Crippen LogP contribution in [0, 0.1) is 12.7 Å². The van der Waals surface area contributed by atoms with Gasteiger partial charge in [-0.2, -0.15) is 0 Å². The van der Waals surface area contributed by atoms with E-state index in [1.807, 2.05) is 13.0 Å². The van der Waals surface area contributed by atoms with Gasteiger partial charge in [0.05, 0.1) is 0 Å². The Bertz CT molecular complexity index is 505. The molecule has 22 heavy (non-hydrogen) atoms. The number of rotatable bonds is 4. The molecule has 0 aliphatic carbocycles. The van der Waals surface area contributed by atoms with Crippen molar-refractivity contribution in [1.29, 1.82) is 0 Å². The van der Waals surface area contributed by atoms with Gasteiger partial charge in [0.2, 0.25) is 0 Å². The predicted octanol–water partition coefficient (Wildman–Crippen LogP) is 3.60. The highest BCUT2D eigenvalue weighted by Crippen LogP contribution is 2.35. The number of phenolic OH excluding ortho intramolecular Hbond substituents is 1. The number of phenols is 1. The highest BCUT2D eigenvalue weighted by atomic mass is 35.5. The molecule has 1 aromatic rings. The molecule has 1 aromatic carbocycles. The summed E-state index contributed by atoms with van der Waals surface area (Å²) < 4.78 is 14.0. The standard InChI is InChI=1S/C16H23FN2O.2ClH/c1-11(2)10-14(19-8-6-18-7-9-19)13-5-4-12(3)15(17)16(13)20;;/h4-5,14,18,20H,1,6-10H2,2-3H3;2*1H/t14-;;/m1../s1. The molecule has 3 nitrogen and oxygen atoms in total. The summed E-state index contributed by atoms with van der Waals surface area (Å²) in [5, 5.41) is 13.5. The Labute approximate surface area is 144 Å². The zero-order valence-electron chi connectivity index (χ0n) is 13.1. The number of hydrogen-bond acceptors (Lipinski definition) is 3. The zero-order chi connectivity index (χ0) is 14.7. The molecule has 0 saturated carbocycles. The van der Waals surface area contributed by atoms with Crippen LogP contribution in [0.4, 0.5) is 4.39 Å². The fourth-order valence-electron chi connectivity index (χ4n) is 2.71.